The number of fused-ring (bicyclic) bond motifs is 1. The molecule has 232 valence electrons. The third-order valence-electron chi connectivity index (χ3n) is 7.57. The fourth-order valence-corrected chi connectivity index (χ4v) is 5.57. The highest BCUT2D eigenvalue weighted by Gasteiger charge is 2.24. The molecule has 0 saturated carbocycles. The number of carbonyl (C=O) groups is 1. The van der Waals surface area contributed by atoms with Crippen LogP contribution in [0.15, 0.2) is 119 Å². The summed E-state index contributed by atoms with van der Waals surface area (Å²) in [6.07, 6.45) is 16.1. The summed E-state index contributed by atoms with van der Waals surface area (Å²) in [5.74, 6) is -0.414. The number of hydrogen-bond acceptors (Lipinski definition) is 5. The van der Waals surface area contributed by atoms with Crippen LogP contribution in [0.1, 0.15) is 53.0 Å². The fraction of sp³-hybridized carbons (Fsp3) is 0.324. The quantitative estimate of drug-likeness (QED) is 0.319. The molecule has 1 unspecified atom stereocenters. The molecule has 0 radical (unpaired) electrons. The molecule has 44 heavy (non-hydrogen) atoms. The van der Waals surface area contributed by atoms with Crippen molar-refractivity contribution >= 4 is 40.2 Å². The molecule has 1 N–H and O–H groups in total. The van der Waals surface area contributed by atoms with Crippen molar-refractivity contribution in [2.24, 2.45) is 10.9 Å². The minimum atomic E-state index is -0.251. The number of nitrogens with zero attached hydrogens (tertiary/aromatic N) is 4. The van der Waals surface area contributed by atoms with E-state index in [0.29, 0.717) is 22.8 Å². The lowest BCUT2D eigenvalue weighted by Gasteiger charge is -2.32. The van der Waals surface area contributed by atoms with Gasteiger partial charge in [0.25, 0.3) is 5.91 Å². The Morgan fingerprint density at radius 3 is 2.64 bits per heavy atom. The van der Waals surface area contributed by atoms with Crippen LogP contribution in [0.25, 0.3) is 16.5 Å². The van der Waals surface area contributed by atoms with Gasteiger partial charge in [-0.1, -0.05) is 88.9 Å². The van der Waals surface area contributed by atoms with Crippen LogP contribution in [-0.4, -0.2) is 53.1 Å². The minimum absolute atomic E-state index is 0.163. The number of para-hydroxylation sites is 1. The summed E-state index contributed by atoms with van der Waals surface area (Å²) in [6, 6.07) is 10.1. The molecule has 3 heterocycles. The van der Waals surface area contributed by atoms with Gasteiger partial charge in [0.05, 0.1) is 10.5 Å². The van der Waals surface area contributed by atoms with E-state index in [2.05, 4.69) is 41.3 Å². The molecule has 7 heteroatoms. The Hall–Kier alpha value is -4.00. The first-order valence-corrected chi connectivity index (χ1v) is 15.9. The van der Waals surface area contributed by atoms with Crippen LogP contribution in [0, 0.1) is 5.92 Å². The Bertz CT molecular complexity index is 1520. The van der Waals surface area contributed by atoms with Gasteiger partial charge in [0.15, 0.2) is 0 Å². The monoisotopic (exact) mass is 611 g/mol. The van der Waals surface area contributed by atoms with Crippen molar-refractivity contribution in [2.45, 2.75) is 47.5 Å². The number of nitrogens with one attached hydrogen (secondary N) is 1. The molecule has 0 spiro atoms. The number of aliphatic imine (C=N–C) groups is 1. The molecule has 2 aromatic rings. The van der Waals surface area contributed by atoms with E-state index in [1.807, 2.05) is 94.8 Å². The SMILES string of the molecule is C=C/C(=C\C=C1\N=CC/C=C\C(=O)N(/C(C)=C/C(Cl)=C(\CC)N2CCNCC2)C(=C)C1C)c1cnc2ccccc2c1.CC. The highest BCUT2D eigenvalue weighted by molar-refractivity contribution is 6.31. The second-order valence-electron chi connectivity index (χ2n) is 10.3. The fourth-order valence-electron chi connectivity index (χ4n) is 5.16. The van der Waals surface area contributed by atoms with Crippen LogP contribution in [-0.2, 0) is 4.79 Å². The number of carbonyl (C=O) groups excluding carboxylic acids is 1. The number of pyridine rings is 1. The predicted octanol–water partition coefficient (Wildman–Crippen LogP) is 8.39. The number of allylic oxidation sites excluding steroid dienone is 9. The first-order chi connectivity index (χ1) is 21.3. The average Bonchev–Trinajstić information content (AvgIpc) is 3.05. The van der Waals surface area contributed by atoms with Crippen LogP contribution in [0.5, 0.6) is 0 Å². The Labute approximate surface area is 268 Å². The normalized spacial score (nSPS) is 20.7. The summed E-state index contributed by atoms with van der Waals surface area (Å²) < 4.78 is 0. The lowest BCUT2D eigenvalue weighted by atomic mass is 10.00. The van der Waals surface area contributed by atoms with Crippen LogP contribution >= 0.6 is 11.6 Å². The summed E-state index contributed by atoms with van der Waals surface area (Å²) in [4.78, 5) is 26.8. The molecule has 0 aliphatic carbocycles. The zero-order valence-corrected chi connectivity index (χ0v) is 27.6. The zero-order chi connectivity index (χ0) is 32.1. The van der Waals surface area contributed by atoms with Crippen molar-refractivity contribution in [3.05, 3.63) is 120 Å². The Morgan fingerprint density at radius 1 is 1.20 bits per heavy atom. The van der Waals surface area contributed by atoms with Crippen molar-refractivity contribution in [1.82, 2.24) is 20.1 Å². The molecule has 4 rings (SSSR count). The molecular formula is C37H46ClN5O. The lowest BCUT2D eigenvalue weighted by Crippen LogP contribution is -2.43. The molecule has 1 amide bonds. The Morgan fingerprint density at radius 2 is 1.93 bits per heavy atom. The molecule has 1 aromatic carbocycles. The number of halogens is 1. The number of aromatic nitrogens is 1. The number of piperazine rings is 1. The molecule has 2 aliphatic rings. The number of rotatable bonds is 7. The van der Waals surface area contributed by atoms with Gasteiger partial charge in [0.2, 0.25) is 0 Å². The molecule has 1 atom stereocenters. The summed E-state index contributed by atoms with van der Waals surface area (Å²) in [7, 11) is 0. The van der Waals surface area contributed by atoms with Gasteiger partial charge in [0.1, 0.15) is 0 Å². The van der Waals surface area contributed by atoms with Crippen molar-refractivity contribution in [2.75, 3.05) is 26.2 Å². The van der Waals surface area contributed by atoms with E-state index < -0.39 is 0 Å². The molecular weight excluding hydrogens is 566 g/mol. The standard InChI is InChI=1S/C35H40ClN5O.C2H6/c1-6-28(30-23-29-12-8-9-13-33(29)39-24-30)15-16-32-26(4)27(5)41(35(42)14-10-11-17-38-32)25(3)22-31(36)34(7-2)40-20-18-37-19-21-40;1-2/h6,8-10,12-17,22-24,26,37H,1,5,7,11,18-21H2,2-4H3;1-2H3/b14-10-,25-22+,28-15+,32-16+,34-31-,38-17?;. The van der Waals surface area contributed by atoms with Gasteiger partial charge in [-0.3, -0.25) is 19.7 Å². The minimum Gasteiger partial charge on any atom is -0.371 e. The highest BCUT2D eigenvalue weighted by atomic mass is 35.5. The predicted molar refractivity (Wildman–Crippen MR) is 188 cm³/mol. The second kappa shape index (κ2) is 17.3. The third kappa shape index (κ3) is 8.77. The molecule has 0 bridgehead atoms. The number of hydrogen-bond donors (Lipinski definition) is 1. The van der Waals surface area contributed by atoms with E-state index in [-0.39, 0.29) is 11.8 Å². The number of amides is 1. The van der Waals surface area contributed by atoms with Gasteiger partial charge in [-0.2, -0.15) is 0 Å². The van der Waals surface area contributed by atoms with E-state index in [0.717, 1.165) is 66.0 Å². The Balaban J connectivity index is 0.00000259. The largest absolute Gasteiger partial charge is 0.371 e. The van der Waals surface area contributed by atoms with E-state index in [1.54, 1.807) is 11.0 Å². The van der Waals surface area contributed by atoms with E-state index >= 15 is 0 Å². The van der Waals surface area contributed by atoms with Crippen molar-refractivity contribution in [3.8, 4) is 0 Å². The molecule has 2 aliphatic heterocycles. The summed E-state index contributed by atoms with van der Waals surface area (Å²) in [6.45, 7) is 22.1. The highest BCUT2D eigenvalue weighted by Crippen LogP contribution is 2.30. The first kappa shape index (κ1) is 34.5. The van der Waals surface area contributed by atoms with Gasteiger partial charge < -0.3 is 10.2 Å². The first-order valence-electron chi connectivity index (χ1n) is 15.5. The lowest BCUT2D eigenvalue weighted by molar-refractivity contribution is -0.122. The smallest absolute Gasteiger partial charge is 0.254 e. The maximum absolute atomic E-state index is 13.4. The Kier molecular flexibility index (Phi) is 13.6. The topological polar surface area (TPSA) is 60.8 Å². The van der Waals surface area contributed by atoms with E-state index in [4.69, 9.17) is 16.6 Å². The van der Waals surface area contributed by atoms with Crippen molar-refractivity contribution in [3.63, 3.8) is 0 Å². The zero-order valence-electron chi connectivity index (χ0n) is 26.8. The molecule has 1 aromatic heterocycles. The van der Waals surface area contributed by atoms with Gasteiger partial charge in [-0.05, 0) is 43.2 Å². The van der Waals surface area contributed by atoms with Crippen LogP contribution in [0.4, 0.5) is 0 Å². The van der Waals surface area contributed by atoms with Crippen molar-refractivity contribution < 1.29 is 4.79 Å². The molecule has 1 fully saturated rings. The maximum atomic E-state index is 13.4. The van der Waals surface area contributed by atoms with Gasteiger partial charge in [0, 0.05) is 90.7 Å². The van der Waals surface area contributed by atoms with Crippen LogP contribution in [0.2, 0.25) is 0 Å². The second-order valence-corrected chi connectivity index (χ2v) is 10.7. The van der Waals surface area contributed by atoms with Gasteiger partial charge in [-0.25, -0.2) is 0 Å². The summed E-state index contributed by atoms with van der Waals surface area (Å²) >= 11 is 6.88. The van der Waals surface area contributed by atoms with E-state index in [9.17, 15) is 4.79 Å². The van der Waals surface area contributed by atoms with Crippen LogP contribution < -0.4 is 5.32 Å². The molecule has 6 nitrogen and oxygen atoms in total. The van der Waals surface area contributed by atoms with Crippen LogP contribution in [0.3, 0.4) is 0 Å². The molecule has 1 saturated heterocycles. The van der Waals surface area contributed by atoms with Gasteiger partial charge in [-0.15, -0.1) is 0 Å². The maximum Gasteiger partial charge on any atom is 0.254 e. The third-order valence-corrected chi connectivity index (χ3v) is 7.90. The van der Waals surface area contributed by atoms with Gasteiger partial charge >= 0.3 is 0 Å². The summed E-state index contributed by atoms with van der Waals surface area (Å²) in [5, 5.41) is 5.09. The van der Waals surface area contributed by atoms with Crippen molar-refractivity contribution in [1.29, 1.82) is 0 Å². The average molecular weight is 612 g/mol. The number of benzene rings is 1. The van der Waals surface area contributed by atoms with E-state index in [1.165, 1.54) is 0 Å². The summed E-state index contributed by atoms with van der Waals surface area (Å²) in [5.41, 5.74) is 6.02.